The van der Waals surface area contributed by atoms with E-state index in [1.54, 1.807) is 16.2 Å². The predicted molar refractivity (Wildman–Crippen MR) is 111 cm³/mol. The van der Waals surface area contributed by atoms with Crippen molar-refractivity contribution in [1.29, 1.82) is 0 Å². The molecule has 4 rings (SSSR count). The van der Waals surface area contributed by atoms with Crippen LogP contribution in [-0.4, -0.2) is 47.0 Å². The molecule has 5 nitrogen and oxygen atoms in total. The van der Waals surface area contributed by atoms with Crippen molar-refractivity contribution < 1.29 is 18.0 Å². The number of nitrogens with zero attached hydrogens (tertiary/aromatic N) is 4. The molecule has 0 radical (unpaired) electrons. The fourth-order valence-corrected chi connectivity index (χ4v) is 4.74. The molecule has 30 heavy (non-hydrogen) atoms. The van der Waals surface area contributed by atoms with Crippen molar-refractivity contribution in [3.05, 3.63) is 51.7 Å². The number of piperazine rings is 1. The van der Waals surface area contributed by atoms with Crippen molar-refractivity contribution >= 4 is 33.3 Å². The van der Waals surface area contributed by atoms with Crippen LogP contribution < -0.4 is 4.90 Å². The van der Waals surface area contributed by atoms with Gasteiger partial charge in [0.05, 0.1) is 10.9 Å². The minimum atomic E-state index is -4.41. The number of alkyl halides is 3. The Bertz CT molecular complexity index is 1100. The summed E-state index contributed by atoms with van der Waals surface area (Å²) in [6.07, 6.45) is -4.41. The lowest BCUT2D eigenvalue weighted by atomic mass is 10.1. The summed E-state index contributed by atoms with van der Waals surface area (Å²) in [4.78, 5) is 28.0. The Morgan fingerprint density at radius 3 is 2.23 bits per heavy atom. The summed E-state index contributed by atoms with van der Waals surface area (Å²) >= 11 is 1.65. The second-order valence-corrected chi connectivity index (χ2v) is 8.62. The second-order valence-electron chi connectivity index (χ2n) is 7.41. The lowest BCUT2D eigenvalue weighted by Gasteiger charge is -2.36. The largest absolute Gasteiger partial charge is 0.416 e. The quantitative estimate of drug-likeness (QED) is 0.592. The zero-order valence-electron chi connectivity index (χ0n) is 16.9. The maximum atomic E-state index is 12.7. The monoisotopic (exact) mass is 434 g/mol. The first-order valence-corrected chi connectivity index (χ1v) is 10.4. The normalized spacial score (nSPS) is 15.1. The number of fused-ring (bicyclic) bond motifs is 1. The molecule has 158 valence electrons. The van der Waals surface area contributed by atoms with Gasteiger partial charge in [0, 0.05) is 36.6 Å². The van der Waals surface area contributed by atoms with E-state index in [9.17, 15) is 18.0 Å². The highest BCUT2D eigenvalue weighted by Crippen LogP contribution is 2.35. The van der Waals surface area contributed by atoms with Crippen molar-refractivity contribution in [3.63, 3.8) is 0 Å². The first kappa shape index (κ1) is 20.6. The molecule has 1 saturated heterocycles. The summed E-state index contributed by atoms with van der Waals surface area (Å²) < 4.78 is 38.2. The van der Waals surface area contributed by atoms with Crippen LogP contribution >= 0.6 is 11.3 Å². The van der Waals surface area contributed by atoms with E-state index in [0.29, 0.717) is 32.0 Å². The molecule has 3 heterocycles. The van der Waals surface area contributed by atoms with Crippen LogP contribution in [0.25, 0.3) is 10.2 Å². The average molecular weight is 434 g/mol. The van der Waals surface area contributed by atoms with Crippen LogP contribution in [0.4, 0.5) is 19.0 Å². The lowest BCUT2D eigenvalue weighted by Crippen LogP contribution is -2.49. The molecule has 1 aliphatic heterocycles. The van der Waals surface area contributed by atoms with Gasteiger partial charge in [-0.1, -0.05) is 0 Å². The molecule has 0 aliphatic carbocycles. The molecule has 0 atom stereocenters. The maximum absolute atomic E-state index is 12.7. The third-order valence-corrected chi connectivity index (χ3v) is 6.55. The van der Waals surface area contributed by atoms with Crippen LogP contribution in [0.5, 0.6) is 0 Å². The van der Waals surface area contributed by atoms with Gasteiger partial charge in [0.1, 0.15) is 16.5 Å². The number of hydrogen-bond acceptors (Lipinski definition) is 5. The Morgan fingerprint density at radius 2 is 1.63 bits per heavy atom. The summed E-state index contributed by atoms with van der Waals surface area (Å²) in [5.74, 6) is 1.35. The molecule has 1 aliphatic rings. The zero-order valence-corrected chi connectivity index (χ0v) is 17.7. The van der Waals surface area contributed by atoms with Crippen molar-refractivity contribution in [3.8, 4) is 0 Å². The topological polar surface area (TPSA) is 49.3 Å². The number of rotatable bonds is 2. The minimum Gasteiger partial charge on any atom is -0.352 e. The first-order chi connectivity index (χ1) is 14.1. The standard InChI is InChI=1S/C21H21F3N4OS/c1-12-13(2)30-19-17(12)18(25-14(3)26-19)27-8-10-28(11-9-27)20(29)15-4-6-16(7-5-15)21(22,23)24/h4-7H,8-11H2,1-3H3. The Kier molecular flexibility index (Phi) is 5.17. The highest BCUT2D eigenvalue weighted by molar-refractivity contribution is 7.18. The SMILES string of the molecule is Cc1nc(N2CCN(C(=O)c3ccc(C(F)(F)F)cc3)CC2)c2c(C)c(C)sc2n1. The van der Waals surface area contributed by atoms with Gasteiger partial charge in [-0.2, -0.15) is 13.2 Å². The number of carbonyl (C=O) groups is 1. The third kappa shape index (κ3) is 3.74. The Balaban J connectivity index is 1.51. The smallest absolute Gasteiger partial charge is 0.352 e. The number of amides is 1. The Hall–Kier alpha value is -2.68. The number of anilines is 1. The Labute approximate surface area is 176 Å². The summed E-state index contributed by atoms with van der Waals surface area (Å²) in [5, 5.41) is 1.06. The molecule has 1 aromatic carbocycles. The highest BCUT2D eigenvalue weighted by Gasteiger charge is 2.31. The molecule has 0 spiro atoms. The molecule has 0 N–H and O–H groups in total. The van der Waals surface area contributed by atoms with E-state index in [2.05, 4.69) is 28.7 Å². The highest BCUT2D eigenvalue weighted by atomic mass is 32.1. The molecule has 1 amide bonds. The van der Waals surface area contributed by atoms with E-state index in [1.807, 2.05) is 6.92 Å². The van der Waals surface area contributed by atoms with Gasteiger partial charge < -0.3 is 9.80 Å². The fraction of sp³-hybridized carbons (Fsp3) is 0.381. The molecule has 0 bridgehead atoms. The summed E-state index contributed by atoms with van der Waals surface area (Å²) in [5.41, 5.74) is 0.683. The van der Waals surface area contributed by atoms with Crippen LogP contribution in [0, 0.1) is 20.8 Å². The molecule has 1 fully saturated rings. The minimum absolute atomic E-state index is 0.255. The van der Waals surface area contributed by atoms with E-state index in [1.165, 1.54) is 22.6 Å². The van der Waals surface area contributed by atoms with Gasteiger partial charge in [-0.3, -0.25) is 4.79 Å². The van der Waals surface area contributed by atoms with Gasteiger partial charge in [0.2, 0.25) is 0 Å². The van der Waals surface area contributed by atoms with Crippen molar-refractivity contribution in [2.45, 2.75) is 26.9 Å². The molecular weight excluding hydrogens is 413 g/mol. The molecule has 2 aromatic heterocycles. The van der Waals surface area contributed by atoms with Crippen molar-refractivity contribution in [1.82, 2.24) is 14.9 Å². The third-order valence-electron chi connectivity index (χ3n) is 5.45. The van der Waals surface area contributed by atoms with E-state index in [-0.39, 0.29) is 11.5 Å². The van der Waals surface area contributed by atoms with Gasteiger partial charge in [0.15, 0.2) is 0 Å². The molecule has 0 saturated carbocycles. The molecule has 3 aromatic rings. The van der Waals surface area contributed by atoms with E-state index in [0.717, 1.165) is 28.2 Å². The second kappa shape index (κ2) is 7.54. The van der Waals surface area contributed by atoms with Gasteiger partial charge in [0.25, 0.3) is 5.91 Å². The zero-order chi connectivity index (χ0) is 21.6. The summed E-state index contributed by atoms with van der Waals surface area (Å²) in [6, 6.07) is 4.38. The molecule has 0 unspecified atom stereocenters. The number of aromatic nitrogens is 2. The van der Waals surface area contributed by atoms with E-state index < -0.39 is 11.7 Å². The van der Waals surface area contributed by atoms with Crippen LogP contribution in [0.15, 0.2) is 24.3 Å². The maximum Gasteiger partial charge on any atom is 0.416 e. The van der Waals surface area contributed by atoms with Gasteiger partial charge in [-0.15, -0.1) is 11.3 Å². The van der Waals surface area contributed by atoms with Crippen LogP contribution in [0.3, 0.4) is 0 Å². The van der Waals surface area contributed by atoms with Crippen molar-refractivity contribution in [2.24, 2.45) is 0 Å². The molecule has 9 heteroatoms. The van der Waals surface area contributed by atoms with Gasteiger partial charge in [-0.25, -0.2) is 9.97 Å². The van der Waals surface area contributed by atoms with Crippen molar-refractivity contribution in [2.75, 3.05) is 31.1 Å². The number of hydrogen-bond donors (Lipinski definition) is 0. The number of thiophene rings is 1. The van der Waals surface area contributed by atoms with Crippen LogP contribution in [0.2, 0.25) is 0 Å². The number of benzene rings is 1. The van der Waals surface area contributed by atoms with Crippen LogP contribution in [0.1, 0.15) is 32.2 Å². The predicted octanol–water partition coefficient (Wildman–Crippen LogP) is 4.60. The average Bonchev–Trinajstić information content (AvgIpc) is 3.00. The fourth-order valence-electron chi connectivity index (χ4n) is 3.67. The number of carbonyl (C=O) groups excluding carboxylic acids is 1. The number of aryl methyl sites for hydroxylation is 3. The number of halogens is 3. The summed E-state index contributed by atoms with van der Waals surface area (Å²) in [6.45, 7) is 8.18. The van der Waals surface area contributed by atoms with E-state index in [4.69, 9.17) is 0 Å². The summed E-state index contributed by atoms with van der Waals surface area (Å²) in [7, 11) is 0. The molecular formula is C21H21F3N4OS. The van der Waals surface area contributed by atoms with E-state index >= 15 is 0 Å². The van der Waals surface area contributed by atoms with Gasteiger partial charge >= 0.3 is 6.18 Å². The first-order valence-electron chi connectivity index (χ1n) is 9.61. The lowest BCUT2D eigenvalue weighted by molar-refractivity contribution is -0.137. The Morgan fingerprint density at radius 1 is 1.00 bits per heavy atom. The van der Waals surface area contributed by atoms with Gasteiger partial charge in [-0.05, 0) is 50.6 Å². The van der Waals surface area contributed by atoms with Crippen LogP contribution in [-0.2, 0) is 6.18 Å².